The predicted octanol–water partition coefficient (Wildman–Crippen LogP) is 2.06. The number of methoxy groups -OCH3 is 1. The highest BCUT2D eigenvalue weighted by molar-refractivity contribution is 6.17. The SMILES string of the molecule is COc1cc(C(F)F)[nH]c(=O)c1CCl. The Kier molecular flexibility index (Phi) is 3.46. The Morgan fingerprint density at radius 1 is 1.64 bits per heavy atom. The van der Waals surface area contributed by atoms with Gasteiger partial charge in [-0.25, -0.2) is 8.78 Å². The molecule has 0 saturated carbocycles. The van der Waals surface area contributed by atoms with E-state index in [0.29, 0.717) is 0 Å². The lowest BCUT2D eigenvalue weighted by Gasteiger charge is -2.07. The first kappa shape index (κ1) is 11.0. The monoisotopic (exact) mass is 223 g/mol. The number of pyridine rings is 1. The van der Waals surface area contributed by atoms with Crippen LogP contribution >= 0.6 is 11.6 Å². The van der Waals surface area contributed by atoms with Crippen LogP contribution in [-0.4, -0.2) is 12.1 Å². The van der Waals surface area contributed by atoms with Gasteiger partial charge in [0.2, 0.25) is 0 Å². The van der Waals surface area contributed by atoms with E-state index in [4.69, 9.17) is 16.3 Å². The van der Waals surface area contributed by atoms with Gasteiger partial charge in [0.05, 0.1) is 24.2 Å². The molecular weight excluding hydrogens is 216 g/mol. The maximum Gasteiger partial charge on any atom is 0.278 e. The number of ether oxygens (including phenoxy) is 1. The Balaban J connectivity index is 3.32. The summed E-state index contributed by atoms with van der Waals surface area (Å²) in [6.07, 6.45) is -2.74. The summed E-state index contributed by atoms with van der Waals surface area (Å²) in [7, 11) is 1.29. The molecule has 0 bridgehead atoms. The summed E-state index contributed by atoms with van der Waals surface area (Å²) in [4.78, 5) is 13.2. The van der Waals surface area contributed by atoms with Crippen LogP contribution in [0, 0.1) is 0 Å². The number of halogens is 3. The summed E-state index contributed by atoms with van der Waals surface area (Å²) in [6, 6.07) is 1.07. The van der Waals surface area contributed by atoms with Gasteiger partial charge in [-0.15, -0.1) is 11.6 Å². The Hall–Kier alpha value is -1.10. The van der Waals surface area contributed by atoms with Crippen LogP contribution in [0.15, 0.2) is 10.9 Å². The lowest BCUT2D eigenvalue weighted by Crippen LogP contribution is -2.15. The molecule has 14 heavy (non-hydrogen) atoms. The molecule has 1 N–H and O–H groups in total. The second-order valence-corrected chi connectivity index (χ2v) is 2.80. The van der Waals surface area contributed by atoms with Crippen molar-refractivity contribution in [2.45, 2.75) is 12.3 Å². The number of hydrogen-bond donors (Lipinski definition) is 1. The van der Waals surface area contributed by atoms with Crippen LogP contribution in [0.25, 0.3) is 0 Å². The highest BCUT2D eigenvalue weighted by Crippen LogP contribution is 2.22. The molecule has 0 fully saturated rings. The number of rotatable bonds is 3. The molecule has 6 heteroatoms. The minimum Gasteiger partial charge on any atom is -0.496 e. The van der Waals surface area contributed by atoms with Gasteiger partial charge in [-0.3, -0.25) is 4.79 Å². The van der Waals surface area contributed by atoms with E-state index in [-0.39, 0.29) is 17.2 Å². The third-order valence-electron chi connectivity index (χ3n) is 1.70. The molecule has 1 aromatic rings. The van der Waals surface area contributed by atoms with Crippen molar-refractivity contribution in [3.05, 3.63) is 27.7 Å². The average Bonchev–Trinajstić information content (AvgIpc) is 2.16. The van der Waals surface area contributed by atoms with Crippen molar-refractivity contribution >= 4 is 11.6 Å². The Labute approximate surface area is 83.7 Å². The largest absolute Gasteiger partial charge is 0.496 e. The molecule has 1 heterocycles. The van der Waals surface area contributed by atoms with Gasteiger partial charge in [-0.05, 0) is 0 Å². The third kappa shape index (κ3) is 2.04. The van der Waals surface area contributed by atoms with E-state index < -0.39 is 17.7 Å². The van der Waals surface area contributed by atoms with Crippen molar-refractivity contribution < 1.29 is 13.5 Å². The van der Waals surface area contributed by atoms with Crippen molar-refractivity contribution in [3.8, 4) is 5.75 Å². The van der Waals surface area contributed by atoms with Crippen molar-refractivity contribution in [1.82, 2.24) is 4.98 Å². The van der Waals surface area contributed by atoms with Crippen LogP contribution in [0.5, 0.6) is 5.75 Å². The zero-order valence-electron chi connectivity index (χ0n) is 7.31. The van der Waals surface area contributed by atoms with Gasteiger partial charge in [-0.2, -0.15) is 0 Å². The number of alkyl halides is 3. The summed E-state index contributed by atoms with van der Waals surface area (Å²) in [5.74, 6) is 0.00113. The van der Waals surface area contributed by atoms with E-state index in [1.54, 1.807) is 0 Å². The second-order valence-electron chi connectivity index (χ2n) is 2.54. The minimum atomic E-state index is -2.74. The van der Waals surface area contributed by atoms with Crippen LogP contribution in [-0.2, 0) is 5.88 Å². The molecule has 0 atom stereocenters. The normalized spacial score (nSPS) is 10.6. The second kappa shape index (κ2) is 4.41. The van der Waals surface area contributed by atoms with Crippen molar-refractivity contribution in [2.75, 3.05) is 7.11 Å². The van der Waals surface area contributed by atoms with Crippen molar-refractivity contribution in [3.63, 3.8) is 0 Å². The summed E-state index contributed by atoms with van der Waals surface area (Å²) in [5.41, 5.74) is -0.964. The smallest absolute Gasteiger partial charge is 0.278 e. The Morgan fingerprint density at radius 2 is 2.29 bits per heavy atom. The van der Waals surface area contributed by atoms with Gasteiger partial charge in [0.1, 0.15) is 5.75 Å². The lowest BCUT2D eigenvalue weighted by molar-refractivity contribution is 0.145. The molecule has 0 aromatic carbocycles. The lowest BCUT2D eigenvalue weighted by atomic mass is 10.2. The molecule has 0 aliphatic heterocycles. The van der Waals surface area contributed by atoms with Crippen molar-refractivity contribution in [2.24, 2.45) is 0 Å². The van der Waals surface area contributed by atoms with Gasteiger partial charge in [0.25, 0.3) is 12.0 Å². The molecule has 0 aliphatic rings. The zero-order chi connectivity index (χ0) is 10.7. The van der Waals surface area contributed by atoms with E-state index >= 15 is 0 Å². The molecule has 0 amide bonds. The summed E-state index contributed by atoms with van der Waals surface area (Å²) >= 11 is 5.46. The fourth-order valence-electron chi connectivity index (χ4n) is 1.01. The van der Waals surface area contributed by atoms with Gasteiger partial charge >= 0.3 is 0 Å². The zero-order valence-corrected chi connectivity index (χ0v) is 8.07. The number of aromatic amines is 1. The van der Waals surface area contributed by atoms with E-state index in [2.05, 4.69) is 0 Å². The molecular formula is C8H8ClF2NO2. The van der Waals surface area contributed by atoms with Crippen LogP contribution in [0.3, 0.4) is 0 Å². The third-order valence-corrected chi connectivity index (χ3v) is 1.97. The molecule has 0 saturated heterocycles. The summed E-state index contributed by atoms with van der Waals surface area (Å²) < 4.78 is 29.3. The predicted molar refractivity (Wildman–Crippen MR) is 48.1 cm³/mol. The first-order chi connectivity index (χ1) is 6.60. The minimum absolute atomic E-state index is 0.0813. The average molecular weight is 224 g/mol. The molecule has 3 nitrogen and oxygen atoms in total. The fourth-order valence-corrected chi connectivity index (χ4v) is 1.26. The van der Waals surface area contributed by atoms with Gasteiger partial charge < -0.3 is 9.72 Å². The Morgan fingerprint density at radius 3 is 2.71 bits per heavy atom. The van der Waals surface area contributed by atoms with Gasteiger partial charge in [0, 0.05) is 6.07 Å². The van der Waals surface area contributed by atoms with E-state index in [0.717, 1.165) is 6.07 Å². The van der Waals surface area contributed by atoms with Crippen molar-refractivity contribution in [1.29, 1.82) is 0 Å². The first-order valence-corrected chi connectivity index (χ1v) is 4.27. The molecule has 78 valence electrons. The van der Waals surface area contributed by atoms with E-state index in [1.165, 1.54) is 7.11 Å². The molecule has 0 unspecified atom stereocenters. The fraction of sp³-hybridized carbons (Fsp3) is 0.375. The summed E-state index contributed by atoms with van der Waals surface area (Å²) in [6.45, 7) is 0. The first-order valence-electron chi connectivity index (χ1n) is 3.74. The molecule has 1 rings (SSSR count). The molecule has 0 spiro atoms. The van der Waals surface area contributed by atoms with Gasteiger partial charge in [0.15, 0.2) is 0 Å². The number of nitrogens with one attached hydrogen (secondary N) is 1. The van der Waals surface area contributed by atoms with Crippen LogP contribution < -0.4 is 10.3 Å². The maximum atomic E-state index is 12.2. The molecule has 0 radical (unpaired) electrons. The van der Waals surface area contributed by atoms with Crippen LogP contribution in [0.2, 0.25) is 0 Å². The quantitative estimate of drug-likeness (QED) is 0.797. The number of H-pyrrole nitrogens is 1. The van der Waals surface area contributed by atoms with E-state index in [1.807, 2.05) is 4.98 Å². The highest BCUT2D eigenvalue weighted by Gasteiger charge is 2.14. The summed E-state index contributed by atoms with van der Waals surface area (Å²) in [5, 5.41) is 0. The Bertz CT molecular complexity index is 378. The van der Waals surface area contributed by atoms with Crippen LogP contribution in [0.4, 0.5) is 8.78 Å². The van der Waals surface area contributed by atoms with E-state index in [9.17, 15) is 13.6 Å². The number of aromatic nitrogens is 1. The molecule has 1 aromatic heterocycles. The topological polar surface area (TPSA) is 42.1 Å². The number of hydrogen-bond acceptors (Lipinski definition) is 2. The standard InChI is InChI=1S/C8H8ClF2NO2/c1-14-6-2-5(7(10)11)12-8(13)4(6)3-9/h2,7H,3H2,1H3,(H,12,13). The highest BCUT2D eigenvalue weighted by atomic mass is 35.5. The maximum absolute atomic E-state index is 12.2. The van der Waals surface area contributed by atoms with Crippen LogP contribution in [0.1, 0.15) is 17.7 Å². The molecule has 0 aliphatic carbocycles. The van der Waals surface area contributed by atoms with Gasteiger partial charge in [-0.1, -0.05) is 0 Å².